The lowest BCUT2D eigenvalue weighted by Crippen LogP contribution is -2.15. The first-order chi connectivity index (χ1) is 10.1. The Morgan fingerprint density at radius 1 is 1.33 bits per heavy atom. The average Bonchev–Trinajstić information content (AvgIpc) is 2.89. The van der Waals surface area contributed by atoms with Gasteiger partial charge in [-0.2, -0.15) is 5.10 Å². The fourth-order valence-corrected chi connectivity index (χ4v) is 2.03. The lowest BCUT2D eigenvalue weighted by atomic mass is 10.1. The van der Waals surface area contributed by atoms with E-state index in [0.717, 1.165) is 23.4 Å². The van der Waals surface area contributed by atoms with Crippen LogP contribution in [0.25, 0.3) is 0 Å². The number of hydrogen-bond acceptors (Lipinski definition) is 3. The van der Waals surface area contributed by atoms with Gasteiger partial charge in [0.25, 0.3) is 0 Å². The molecule has 0 radical (unpaired) electrons. The second-order valence-electron chi connectivity index (χ2n) is 5.05. The Morgan fingerprint density at radius 2 is 2.14 bits per heavy atom. The number of aryl methyl sites for hydroxylation is 3. The van der Waals surface area contributed by atoms with Gasteiger partial charge in [0.05, 0.1) is 13.0 Å². The third-order valence-electron chi connectivity index (χ3n) is 3.20. The highest BCUT2D eigenvalue weighted by atomic mass is 16.5. The van der Waals surface area contributed by atoms with Gasteiger partial charge in [0, 0.05) is 11.8 Å². The molecule has 2 N–H and O–H groups in total. The smallest absolute Gasteiger partial charge is 0.229 e. The predicted octanol–water partition coefficient (Wildman–Crippen LogP) is 3.00. The summed E-state index contributed by atoms with van der Waals surface area (Å²) in [5.41, 5.74) is 3.27. The van der Waals surface area contributed by atoms with Gasteiger partial charge in [-0.05, 0) is 31.9 Å². The van der Waals surface area contributed by atoms with Crippen LogP contribution in [0.15, 0.2) is 24.3 Å². The molecule has 0 fully saturated rings. The third-order valence-corrected chi connectivity index (χ3v) is 3.20. The lowest BCUT2D eigenvalue weighted by Gasteiger charge is -2.09. The molecule has 5 nitrogen and oxygen atoms in total. The molecule has 1 heterocycles. The van der Waals surface area contributed by atoms with E-state index in [1.54, 1.807) is 0 Å². The molecule has 0 aliphatic carbocycles. The number of amides is 1. The van der Waals surface area contributed by atoms with Crippen LogP contribution in [-0.2, 0) is 11.2 Å². The number of hydrogen-bond donors (Lipinski definition) is 2. The predicted molar refractivity (Wildman–Crippen MR) is 82.6 cm³/mol. The first-order valence-corrected chi connectivity index (χ1v) is 7.12. The fraction of sp³-hybridized carbons (Fsp3) is 0.375. The Bertz CT molecular complexity index is 620. The van der Waals surface area contributed by atoms with Crippen molar-refractivity contribution >= 4 is 11.7 Å². The summed E-state index contributed by atoms with van der Waals surface area (Å²) in [5, 5.41) is 9.62. The minimum Gasteiger partial charge on any atom is -0.493 e. The Hall–Kier alpha value is -2.30. The number of nitrogens with zero attached hydrogens (tertiary/aromatic N) is 1. The molecule has 0 bridgehead atoms. The molecule has 2 rings (SSSR count). The van der Waals surface area contributed by atoms with Gasteiger partial charge in [-0.3, -0.25) is 9.89 Å². The van der Waals surface area contributed by atoms with Crippen molar-refractivity contribution in [1.29, 1.82) is 0 Å². The molecule has 5 heteroatoms. The molecule has 0 aliphatic rings. The highest BCUT2D eigenvalue weighted by Gasteiger charge is 2.06. The van der Waals surface area contributed by atoms with Gasteiger partial charge in [0.1, 0.15) is 5.75 Å². The minimum absolute atomic E-state index is 0.103. The number of aromatic amines is 1. The van der Waals surface area contributed by atoms with E-state index in [4.69, 9.17) is 4.74 Å². The molecule has 0 atom stereocenters. The number of carbonyl (C=O) groups excluding carboxylic acids is 1. The summed E-state index contributed by atoms with van der Waals surface area (Å²) in [5.74, 6) is 1.28. The van der Waals surface area contributed by atoms with Crippen molar-refractivity contribution in [2.75, 3.05) is 11.9 Å². The van der Waals surface area contributed by atoms with Gasteiger partial charge in [-0.1, -0.05) is 24.6 Å². The second-order valence-corrected chi connectivity index (χ2v) is 5.05. The van der Waals surface area contributed by atoms with E-state index in [1.165, 1.54) is 5.56 Å². The molecule has 0 spiro atoms. The van der Waals surface area contributed by atoms with Crippen LogP contribution in [0.4, 0.5) is 5.82 Å². The second kappa shape index (κ2) is 6.92. The Labute approximate surface area is 124 Å². The number of H-pyrrole nitrogens is 1. The van der Waals surface area contributed by atoms with E-state index in [-0.39, 0.29) is 5.91 Å². The van der Waals surface area contributed by atoms with Crippen LogP contribution >= 0.6 is 0 Å². The van der Waals surface area contributed by atoms with E-state index in [0.29, 0.717) is 18.8 Å². The zero-order valence-corrected chi connectivity index (χ0v) is 12.7. The summed E-state index contributed by atoms with van der Waals surface area (Å²) >= 11 is 0. The number of benzene rings is 1. The molecule has 112 valence electrons. The van der Waals surface area contributed by atoms with Gasteiger partial charge in [-0.25, -0.2) is 0 Å². The number of aromatic nitrogens is 2. The average molecular weight is 287 g/mol. The zero-order chi connectivity index (χ0) is 15.2. The molecule has 0 aliphatic heterocycles. The maximum atomic E-state index is 11.8. The number of rotatable bonds is 6. The van der Waals surface area contributed by atoms with Gasteiger partial charge in [0.15, 0.2) is 5.82 Å². The highest BCUT2D eigenvalue weighted by Crippen LogP contribution is 2.18. The molecule has 1 aromatic heterocycles. The van der Waals surface area contributed by atoms with Crippen LogP contribution in [-0.4, -0.2) is 22.7 Å². The maximum Gasteiger partial charge on any atom is 0.229 e. The van der Waals surface area contributed by atoms with Gasteiger partial charge in [-0.15, -0.1) is 0 Å². The fourth-order valence-electron chi connectivity index (χ4n) is 2.03. The maximum absolute atomic E-state index is 11.8. The Morgan fingerprint density at radius 3 is 2.81 bits per heavy atom. The van der Waals surface area contributed by atoms with Crippen molar-refractivity contribution in [1.82, 2.24) is 10.2 Å². The van der Waals surface area contributed by atoms with Gasteiger partial charge >= 0.3 is 0 Å². The van der Waals surface area contributed by atoms with E-state index in [9.17, 15) is 4.79 Å². The summed E-state index contributed by atoms with van der Waals surface area (Å²) in [6, 6.07) is 7.83. The van der Waals surface area contributed by atoms with Crippen molar-refractivity contribution in [3.05, 3.63) is 41.1 Å². The molecule has 21 heavy (non-hydrogen) atoms. The van der Waals surface area contributed by atoms with Crippen molar-refractivity contribution in [3.63, 3.8) is 0 Å². The van der Waals surface area contributed by atoms with Crippen LogP contribution in [0.1, 0.15) is 30.2 Å². The van der Waals surface area contributed by atoms with Crippen molar-refractivity contribution in [2.24, 2.45) is 0 Å². The van der Waals surface area contributed by atoms with E-state index in [2.05, 4.69) is 21.6 Å². The van der Waals surface area contributed by atoms with Crippen LogP contribution in [0.3, 0.4) is 0 Å². The first-order valence-electron chi connectivity index (χ1n) is 7.12. The normalized spacial score (nSPS) is 10.4. The highest BCUT2D eigenvalue weighted by molar-refractivity contribution is 5.89. The van der Waals surface area contributed by atoms with Crippen LogP contribution in [0, 0.1) is 13.8 Å². The summed E-state index contributed by atoms with van der Waals surface area (Å²) < 4.78 is 5.64. The quantitative estimate of drug-likeness (QED) is 0.858. The van der Waals surface area contributed by atoms with Crippen LogP contribution in [0.2, 0.25) is 0 Å². The molecule has 0 saturated heterocycles. The third kappa shape index (κ3) is 4.34. The van der Waals surface area contributed by atoms with E-state index >= 15 is 0 Å². The van der Waals surface area contributed by atoms with Gasteiger partial charge < -0.3 is 10.1 Å². The number of ether oxygens (including phenoxy) is 1. The molecule has 2 aromatic rings. The molecular weight excluding hydrogens is 266 g/mol. The number of anilines is 1. The Balaban J connectivity index is 1.78. The molecule has 0 saturated carbocycles. The van der Waals surface area contributed by atoms with Crippen molar-refractivity contribution < 1.29 is 9.53 Å². The molecule has 0 unspecified atom stereocenters. The summed E-state index contributed by atoms with van der Waals surface area (Å²) in [7, 11) is 0. The first kappa shape index (κ1) is 15.1. The lowest BCUT2D eigenvalue weighted by molar-refractivity contribution is -0.116. The van der Waals surface area contributed by atoms with E-state index in [1.807, 2.05) is 39.0 Å². The largest absolute Gasteiger partial charge is 0.493 e. The molecule has 1 aromatic carbocycles. The zero-order valence-electron chi connectivity index (χ0n) is 12.7. The van der Waals surface area contributed by atoms with Crippen molar-refractivity contribution in [3.8, 4) is 5.75 Å². The summed E-state index contributed by atoms with van der Waals surface area (Å²) in [4.78, 5) is 11.8. The monoisotopic (exact) mass is 287 g/mol. The number of carbonyl (C=O) groups is 1. The SMILES string of the molecule is CCc1cc(NC(=O)CCOc2ccc(C)cc2C)n[nH]1. The van der Waals surface area contributed by atoms with Crippen LogP contribution < -0.4 is 10.1 Å². The minimum atomic E-state index is -0.103. The summed E-state index contributed by atoms with van der Waals surface area (Å²) in [6.07, 6.45) is 1.15. The van der Waals surface area contributed by atoms with Crippen LogP contribution in [0.5, 0.6) is 5.75 Å². The van der Waals surface area contributed by atoms with E-state index < -0.39 is 0 Å². The Kier molecular flexibility index (Phi) is 4.98. The number of nitrogens with one attached hydrogen (secondary N) is 2. The van der Waals surface area contributed by atoms with Gasteiger partial charge in [0.2, 0.25) is 5.91 Å². The molecular formula is C16H21N3O2. The topological polar surface area (TPSA) is 67.0 Å². The van der Waals surface area contributed by atoms with Crippen molar-refractivity contribution in [2.45, 2.75) is 33.6 Å². The molecule has 1 amide bonds. The standard InChI is InChI=1S/C16H21N3O2/c1-4-13-10-15(19-18-13)17-16(20)7-8-21-14-6-5-11(2)9-12(14)3/h5-6,9-10H,4,7-8H2,1-3H3,(H2,17,18,19,20). The summed E-state index contributed by atoms with van der Waals surface area (Å²) in [6.45, 7) is 6.41.